The van der Waals surface area contributed by atoms with Crippen molar-refractivity contribution >= 4 is 40.4 Å². The maximum Gasteiger partial charge on any atom is 0.311 e. The Morgan fingerprint density at radius 3 is 2.56 bits per heavy atom. The van der Waals surface area contributed by atoms with E-state index in [1.165, 1.54) is 12.1 Å². The van der Waals surface area contributed by atoms with Crippen molar-refractivity contribution in [1.29, 1.82) is 0 Å². The van der Waals surface area contributed by atoms with Gasteiger partial charge in [-0.15, -0.1) is 0 Å². The average molecular weight is 284 g/mol. The molecule has 0 radical (unpaired) electrons. The molecule has 1 aromatic heterocycles. The first kappa shape index (κ1) is 12.6. The van der Waals surface area contributed by atoms with Crippen LogP contribution >= 0.6 is 23.2 Å². The van der Waals surface area contributed by atoms with Gasteiger partial charge in [0.05, 0.1) is 15.6 Å². The van der Waals surface area contributed by atoms with E-state index in [4.69, 9.17) is 23.2 Å². The van der Waals surface area contributed by atoms with Crippen molar-refractivity contribution in [3.63, 3.8) is 0 Å². The van der Waals surface area contributed by atoms with E-state index in [1.807, 2.05) is 0 Å². The molecule has 0 atom stereocenters. The first-order valence-corrected chi connectivity index (χ1v) is 5.66. The van der Waals surface area contributed by atoms with Crippen molar-refractivity contribution in [2.24, 2.45) is 0 Å². The van der Waals surface area contributed by atoms with E-state index in [9.17, 15) is 10.1 Å². The standard InChI is InChI=1S/C11H7Cl2N3O2/c12-7-3-1-2-4-8(7)14-11-9(16(17)18)5-6-10(13)15-11/h1-6H,(H,14,15). The third kappa shape index (κ3) is 2.69. The lowest BCUT2D eigenvalue weighted by Crippen LogP contribution is -2.00. The molecule has 92 valence electrons. The molecule has 2 aromatic rings. The highest BCUT2D eigenvalue weighted by Gasteiger charge is 2.16. The molecule has 0 amide bonds. The highest BCUT2D eigenvalue weighted by molar-refractivity contribution is 6.33. The summed E-state index contributed by atoms with van der Waals surface area (Å²) in [4.78, 5) is 14.2. The number of para-hydroxylation sites is 1. The third-order valence-corrected chi connectivity index (χ3v) is 2.70. The van der Waals surface area contributed by atoms with Crippen LogP contribution < -0.4 is 5.32 Å². The van der Waals surface area contributed by atoms with Crippen LogP contribution in [0, 0.1) is 10.1 Å². The number of pyridine rings is 1. The first-order valence-electron chi connectivity index (χ1n) is 4.90. The number of hydrogen-bond donors (Lipinski definition) is 1. The van der Waals surface area contributed by atoms with E-state index in [2.05, 4.69) is 10.3 Å². The highest BCUT2D eigenvalue weighted by Crippen LogP contribution is 2.30. The molecular formula is C11H7Cl2N3O2. The predicted octanol–water partition coefficient (Wildman–Crippen LogP) is 4.04. The van der Waals surface area contributed by atoms with Crippen LogP contribution in [0.2, 0.25) is 10.2 Å². The van der Waals surface area contributed by atoms with Crippen molar-refractivity contribution < 1.29 is 4.92 Å². The van der Waals surface area contributed by atoms with Crippen LogP contribution in [0.15, 0.2) is 36.4 Å². The van der Waals surface area contributed by atoms with Crippen LogP contribution in [-0.2, 0) is 0 Å². The fourth-order valence-electron chi connectivity index (χ4n) is 1.36. The zero-order valence-corrected chi connectivity index (χ0v) is 10.4. The van der Waals surface area contributed by atoms with Gasteiger partial charge in [0.15, 0.2) is 0 Å². The van der Waals surface area contributed by atoms with Gasteiger partial charge < -0.3 is 5.32 Å². The minimum Gasteiger partial charge on any atom is -0.333 e. The molecule has 7 heteroatoms. The Hall–Kier alpha value is -1.85. The van der Waals surface area contributed by atoms with E-state index in [0.29, 0.717) is 10.7 Å². The Bertz CT molecular complexity index is 605. The third-order valence-electron chi connectivity index (χ3n) is 2.16. The molecule has 0 fully saturated rings. The van der Waals surface area contributed by atoms with Gasteiger partial charge in [-0.2, -0.15) is 0 Å². The molecule has 0 saturated heterocycles. The minimum absolute atomic E-state index is 0.0561. The van der Waals surface area contributed by atoms with Crippen LogP contribution in [0.4, 0.5) is 17.2 Å². The summed E-state index contributed by atoms with van der Waals surface area (Å²) in [6.45, 7) is 0. The predicted molar refractivity (Wildman–Crippen MR) is 70.6 cm³/mol. The summed E-state index contributed by atoms with van der Waals surface area (Å²) >= 11 is 11.7. The fraction of sp³-hybridized carbons (Fsp3) is 0. The number of nitro groups is 1. The van der Waals surface area contributed by atoms with Crippen molar-refractivity contribution in [2.45, 2.75) is 0 Å². The second-order valence-electron chi connectivity index (χ2n) is 3.36. The molecule has 0 saturated carbocycles. The van der Waals surface area contributed by atoms with E-state index >= 15 is 0 Å². The molecule has 18 heavy (non-hydrogen) atoms. The monoisotopic (exact) mass is 283 g/mol. The molecule has 0 aliphatic rings. The molecule has 0 aliphatic heterocycles. The van der Waals surface area contributed by atoms with Gasteiger partial charge in [0, 0.05) is 6.07 Å². The smallest absolute Gasteiger partial charge is 0.311 e. The van der Waals surface area contributed by atoms with Gasteiger partial charge in [0.25, 0.3) is 0 Å². The van der Waals surface area contributed by atoms with Crippen LogP contribution in [-0.4, -0.2) is 9.91 Å². The van der Waals surface area contributed by atoms with Gasteiger partial charge in [-0.3, -0.25) is 10.1 Å². The molecule has 2 rings (SSSR count). The minimum atomic E-state index is -0.539. The molecule has 5 nitrogen and oxygen atoms in total. The summed E-state index contributed by atoms with van der Waals surface area (Å²) in [5.41, 5.74) is 0.358. The van der Waals surface area contributed by atoms with Crippen LogP contribution in [0.3, 0.4) is 0 Å². The summed E-state index contributed by atoms with van der Waals surface area (Å²) in [5, 5.41) is 14.3. The molecule has 1 heterocycles. The Labute approximate surface area is 113 Å². The lowest BCUT2D eigenvalue weighted by molar-refractivity contribution is -0.384. The summed E-state index contributed by atoms with van der Waals surface area (Å²) in [5.74, 6) is 0.0561. The Balaban J connectivity index is 2.42. The highest BCUT2D eigenvalue weighted by atomic mass is 35.5. The van der Waals surface area contributed by atoms with E-state index in [0.717, 1.165) is 0 Å². The topological polar surface area (TPSA) is 68.1 Å². The largest absolute Gasteiger partial charge is 0.333 e. The number of nitrogens with zero attached hydrogens (tertiary/aromatic N) is 2. The van der Waals surface area contributed by atoms with Gasteiger partial charge in [-0.25, -0.2) is 4.98 Å². The van der Waals surface area contributed by atoms with E-state index < -0.39 is 4.92 Å². The molecule has 0 bridgehead atoms. The molecule has 1 aromatic carbocycles. The molecule has 0 unspecified atom stereocenters. The van der Waals surface area contributed by atoms with E-state index in [-0.39, 0.29) is 16.7 Å². The number of anilines is 2. The van der Waals surface area contributed by atoms with Gasteiger partial charge in [-0.05, 0) is 18.2 Å². The molecule has 1 N–H and O–H groups in total. The van der Waals surface area contributed by atoms with Gasteiger partial charge >= 0.3 is 5.69 Å². The lowest BCUT2D eigenvalue weighted by Gasteiger charge is -2.07. The zero-order chi connectivity index (χ0) is 13.1. The summed E-state index contributed by atoms with van der Waals surface area (Å²) in [6, 6.07) is 9.51. The summed E-state index contributed by atoms with van der Waals surface area (Å²) in [7, 11) is 0. The normalized spacial score (nSPS) is 10.1. The number of hydrogen-bond acceptors (Lipinski definition) is 4. The van der Waals surface area contributed by atoms with Crippen molar-refractivity contribution in [3.05, 3.63) is 56.7 Å². The fourth-order valence-corrected chi connectivity index (χ4v) is 1.69. The lowest BCUT2D eigenvalue weighted by atomic mass is 10.3. The maximum atomic E-state index is 10.9. The van der Waals surface area contributed by atoms with Crippen molar-refractivity contribution in [3.8, 4) is 0 Å². The molecule has 0 spiro atoms. The van der Waals surface area contributed by atoms with Crippen molar-refractivity contribution in [1.82, 2.24) is 4.98 Å². The van der Waals surface area contributed by atoms with Gasteiger partial charge in [-0.1, -0.05) is 35.3 Å². The second-order valence-corrected chi connectivity index (χ2v) is 4.16. The molecule has 0 aliphatic carbocycles. The van der Waals surface area contributed by atoms with E-state index in [1.54, 1.807) is 24.3 Å². The SMILES string of the molecule is O=[N+]([O-])c1ccc(Cl)nc1Nc1ccccc1Cl. The number of nitrogens with one attached hydrogen (secondary N) is 1. The quantitative estimate of drug-likeness (QED) is 0.524. The summed E-state index contributed by atoms with van der Waals surface area (Å²) in [6.07, 6.45) is 0. The maximum absolute atomic E-state index is 10.9. The first-order chi connectivity index (χ1) is 8.58. The molecular weight excluding hydrogens is 277 g/mol. The number of aromatic nitrogens is 1. The Morgan fingerprint density at radius 2 is 1.89 bits per heavy atom. The van der Waals surface area contributed by atoms with Crippen LogP contribution in [0.25, 0.3) is 0 Å². The Kier molecular flexibility index (Phi) is 3.64. The Morgan fingerprint density at radius 1 is 1.17 bits per heavy atom. The summed E-state index contributed by atoms with van der Waals surface area (Å²) < 4.78 is 0. The average Bonchev–Trinajstić information content (AvgIpc) is 2.32. The zero-order valence-electron chi connectivity index (χ0n) is 8.93. The van der Waals surface area contributed by atoms with Crippen LogP contribution in [0.5, 0.6) is 0 Å². The van der Waals surface area contributed by atoms with Gasteiger partial charge in [0.1, 0.15) is 5.15 Å². The van der Waals surface area contributed by atoms with Crippen molar-refractivity contribution in [2.75, 3.05) is 5.32 Å². The number of benzene rings is 1. The number of halogens is 2. The number of rotatable bonds is 3. The second kappa shape index (κ2) is 5.20. The van der Waals surface area contributed by atoms with Gasteiger partial charge in [0.2, 0.25) is 5.82 Å². The van der Waals surface area contributed by atoms with Crippen LogP contribution in [0.1, 0.15) is 0 Å².